The summed E-state index contributed by atoms with van der Waals surface area (Å²) in [5.74, 6) is 0. The van der Waals surface area contributed by atoms with Crippen molar-refractivity contribution in [3.63, 3.8) is 0 Å². The summed E-state index contributed by atoms with van der Waals surface area (Å²) in [7, 11) is 0. The first-order chi connectivity index (χ1) is 13.4. The van der Waals surface area contributed by atoms with E-state index in [1.165, 1.54) is 43.6 Å². The van der Waals surface area contributed by atoms with Crippen molar-refractivity contribution in [2.24, 2.45) is 0 Å². The Morgan fingerprint density at radius 2 is 1.48 bits per heavy atom. The molecule has 6 rings (SSSR count). The highest BCUT2D eigenvalue weighted by Crippen LogP contribution is 2.35. The van der Waals surface area contributed by atoms with Crippen molar-refractivity contribution in [1.82, 2.24) is 14.5 Å². The number of nitrogens with one attached hydrogen (secondary N) is 1. The summed E-state index contributed by atoms with van der Waals surface area (Å²) in [4.78, 5) is 8.11. The largest absolute Gasteiger partial charge is 0.354 e. The summed E-state index contributed by atoms with van der Waals surface area (Å²) in [6, 6.07) is 27.9. The Labute approximate surface area is 155 Å². The molecule has 6 aromatic rings. The summed E-state index contributed by atoms with van der Waals surface area (Å²) >= 11 is 0. The highest BCUT2D eigenvalue weighted by atomic mass is 15.0. The van der Waals surface area contributed by atoms with E-state index in [2.05, 4.69) is 81.3 Å². The molecule has 0 saturated heterocycles. The predicted octanol–water partition coefficient (Wildman–Crippen LogP) is 5.87. The minimum atomic E-state index is 0.763. The van der Waals surface area contributed by atoms with Gasteiger partial charge in [0.25, 0.3) is 0 Å². The fourth-order valence-electron chi connectivity index (χ4n) is 4.22. The van der Waals surface area contributed by atoms with Crippen LogP contribution >= 0.6 is 0 Å². The molecule has 0 unspecified atom stereocenters. The molecule has 1 N–H and O–H groups in total. The molecule has 3 heteroatoms. The predicted molar refractivity (Wildman–Crippen MR) is 112 cm³/mol. The van der Waals surface area contributed by atoms with Crippen molar-refractivity contribution in [3.05, 3.63) is 90.8 Å². The number of aromatic amines is 1. The number of H-pyrrole nitrogens is 1. The third-order valence-electron chi connectivity index (χ3n) is 5.44. The topological polar surface area (TPSA) is 33.6 Å². The summed E-state index contributed by atoms with van der Waals surface area (Å²) in [5.41, 5.74) is 5.93. The lowest BCUT2D eigenvalue weighted by Crippen LogP contribution is -2.00. The molecular weight excluding hydrogens is 330 g/mol. The van der Waals surface area contributed by atoms with Gasteiger partial charge in [0.05, 0.1) is 17.8 Å². The normalized spacial score (nSPS) is 11.9. The van der Waals surface area contributed by atoms with E-state index in [9.17, 15) is 0 Å². The van der Waals surface area contributed by atoms with E-state index in [1.807, 2.05) is 18.3 Å². The van der Waals surface area contributed by atoms with E-state index >= 15 is 0 Å². The van der Waals surface area contributed by atoms with Crippen molar-refractivity contribution in [2.45, 2.75) is 6.54 Å². The number of nitrogens with zero attached hydrogens (tertiary/aromatic N) is 2. The molecule has 128 valence electrons. The fraction of sp³-hybridized carbons (Fsp3) is 0.0417. The van der Waals surface area contributed by atoms with E-state index < -0.39 is 0 Å². The van der Waals surface area contributed by atoms with Crippen LogP contribution < -0.4 is 0 Å². The van der Waals surface area contributed by atoms with Gasteiger partial charge in [-0.05, 0) is 36.4 Å². The van der Waals surface area contributed by atoms with Gasteiger partial charge < -0.3 is 9.55 Å². The van der Waals surface area contributed by atoms with Crippen LogP contribution in [0.1, 0.15) is 5.69 Å². The number of para-hydroxylation sites is 2. The summed E-state index contributed by atoms with van der Waals surface area (Å²) in [6.07, 6.45) is 1.86. The van der Waals surface area contributed by atoms with Crippen LogP contribution in [0, 0.1) is 0 Å². The Morgan fingerprint density at radius 3 is 2.37 bits per heavy atom. The van der Waals surface area contributed by atoms with E-state index in [0.717, 1.165) is 12.2 Å². The monoisotopic (exact) mass is 347 g/mol. The molecule has 0 spiro atoms. The third kappa shape index (κ3) is 2.12. The van der Waals surface area contributed by atoms with Gasteiger partial charge in [-0.1, -0.05) is 42.5 Å². The SMILES string of the molecule is c1ccc(Cn2c3ccccc3c3cc4[nH]c5ccccc5c4cc32)nc1. The number of rotatable bonds is 2. The minimum Gasteiger partial charge on any atom is -0.354 e. The van der Waals surface area contributed by atoms with Gasteiger partial charge in [-0.15, -0.1) is 0 Å². The van der Waals surface area contributed by atoms with Crippen molar-refractivity contribution in [2.75, 3.05) is 0 Å². The lowest BCUT2D eigenvalue weighted by atomic mass is 10.1. The fourth-order valence-corrected chi connectivity index (χ4v) is 4.22. The summed E-state index contributed by atoms with van der Waals surface area (Å²) in [5, 5.41) is 5.09. The van der Waals surface area contributed by atoms with Gasteiger partial charge >= 0.3 is 0 Å². The number of pyridine rings is 1. The van der Waals surface area contributed by atoms with Crippen molar-refractivity contribution in [3.8, 4) is 0 Å². The molecule has 0 saturated carbocycles. The van der Waals surface area contributed by atoms with Crippen LogP contribution in [0.15, 0.2) is 85.1 Å². The molecule has 0 radical (unpaired) electrons. The van der Waals surface area contributed by atoms with Gasteiger partial charge in [0.2, 0.25) is 0 Å². The van der Waals surface area contributed by atoms with Crippen LogP contribution in [0.2, 0.25) is 0 Å². The van der Waals surface area contributed by atoms with E-state index in [4.69, 9.17) is 0 Å². The van der Waals surface area contributed by atoms with Crippen molar-refractivity contribution >= 4 is 43.6 Å². The quantitative estimate of drug-likeness (QED) is 0.417. The zero-order valence-corrected chi connectivity index (χ0v) is 14.7. The summed E-state index contributed by atoms with van der Waals surface area (Å²) < 4.78 is 2.38. The molecule has 0 amide bonds. The maximum Gasteiger partial charge on any atom is 0.0654 e. The number of hydrogen-bond donors (Lipinski definition) is 1. The molecule has 3 heterocycles. The molecular formula is C24H17N3. The standard InChI is InChI=1S/C24H17N3/c1-3-10-21-17(8-1)19-14-24-20(13-22(19)26-21)18-9-2-4-11-23(18)27(24)15-16-7-5-6-12-25-16/h1-14,26H,15H2. The molecule has 3 nitrogen and oxygen atoms in total. The van der Waals surface area contributed by atoms with Crippen molar-refractivity contribution in [1.29, 1.82) is 0 Å². The zero-order valence-electron chi connectivity index (χ0n) is 14.7. The lowest BCUT2D eigenvalue weighted by Gasteiger charge is -2.07. The first-order valence-electron chi connectivity index (χ1n) is 9.20. The minimum absolute atomic E-state index is 0.763. The second kappa shape index (κ2) is 5.45. The molecule has 0 aliphatic heterocycles. The van der Waals surface area contributed by atoms with Crippen molar-refractivity contribution < 1.29 is 0 Å². The number of aromatic nitrogens is 3. The molecule has 0 fully saturated rings. The molecule has 27 heavy (non-hydrogen) atoms. The van der Waals surface area contributed by atoms with Gasteiger partial charge in [-0.25, -0.2) is 0 Å². The molecule has 0 aliphatic rings. The number of fused-ring (bicyclic) bond motifs is 6. The maximum atomic E-state index is 4.54. The average Bonchev–Trinajstić information content (AvgIpc) is 3.23. The first kappa shape index (κ1) is 14.6. The molecule has 3 aromatic carbocycles. The van der Waals surface area contributed by atoms with Crippen LogP contribution in [0.4, 0.5) is 0 Å². The second-order valence-corrected chi connectivity index (χ2v) is 7.01. The maximum absolute atomic E-state index is 4.54. The van der Waals surface area contributed by atoms with Gasteiger partial charge in [0.1, 0.15) is 0 Å². The van der Waals surface area contributed by atoms with Crippen LogP contribution in [0.3, 0.4) is 0 Å². The second-order valence-electron chi connectivity index (χ2n) is 7.01. The van der Waals surface area contributed by atoms with Crippen LogP contribution in [-0.2, 0) is 6.54 Å². The van der Waals surface area contributed by atoms with E-state index in [1.54, 1.807) is 0 Å². The molecule has 3 aromatic heterocycles. The van der Waals surface area contributed by atoms with Gasteiger partial charge in [0.15, 0.2) is 0 Å². The highest BCUT2D eigenvalue weighted by molar-refractivity contribution is 6.17. The van der Waals surface area contributed by atoms with E-state index in [0.29, 0.717) is 0 Å². The molecule has 0 bridgehead atoms. The number of benzene rings is 3. The zero-order chi connectivity index (χ0) is 17.8. The Bertz CT molecular complexity index is 1440. The smallest absolute Gasteiger partial charge is 0.0654 e. The molecule has 0 atom stereocenters. The Kier molecular flexibility index (Phi) is 2.94. The Hall–Kier alpha value is -3.59. The van der Waals surface area contributed by atoms with E-state index in [-0.39, 0.29) is 0 Å². The van der Waals surface area contributed by atoms with Crippen LogP contribution in [-0.4, -0.2) is 14.5 Å². The van der Waals surface area contributed by atoms with Gasteiger partial charge in [-0.3, -0.25) is 4.98 Å². The number of hydrogen-bond acceptors (Lipinski definition) is 1. The Balaban J connectivity index is 1.73. The van der Waals surface area contributed by atoms with Gasteiger partial charge in [-0.2, -0.15) is 0 Å². The van der Waals surface area contributed by atoms with Crippen LogP contribution in [0.25, 0.3) is 43.6 Å². The molecule has 0 aliphatic carbocycles. The average molecular weight is 347 g/mol. The van der Waals surface area contributed by atoms with Crippen LogP contribution in [0.5, 0.6) is 0 Å². The third-order valence-corrected chi connectivity index (χ3v) is 5.44. The highest BCUT2D eigenvalue weighted by Gasteiger charge is 2.14. The lowest BCUT2D eigenvalue weighted by molar-refractivity contribution is 0.835. The summed E-state index contributed by atoms with van der Waals surface area (Å²) in [6.45, 7) is 0.763. The van der Waals surface area contributed by atoms with Gasteiger partial charge in [0, 0.05) is 44.3 Å². The Morgan fingerprint density at radius 1 is 0.667 bits per heavy atom. The first-order valence-corrected chi connectivity index (χ1v) is 9.20.